The first-order valence-electron chi connectivity index (χ1n) is 7.16. The van der Waals surface area contributed by atoms with Crippen molar-refractivity contribution in [3.8, 4) is 0 Å². The quantitative estimate of drug-likeness (QED) is 0.722. The molecule has 3 atom stereocenters. The number of hydrogen-bond donors (Lipinski definition) is 3. The fraction of sp³-hybridized carbons (Fsp3) is 0.615. The van der Waals surface area contributed by atoms with Crippen molar-refractivity contribution in [2.24, 2.45) is 0 Å². The van der Waals surface area contributed by atoms with Crippen LogP contribution in [-0.4, -0.2) is 49.5 Å². The molecule has 0 bridgehead atoms. The van der Waals surface area contributed by atoms with Gasteiger partial charge in [0.1, 0.15) is 18.7 Å². The summed E-state index contributed by atoms with van der Waals surface area (Å²) in [6.07, 6.45) is 0.283. The average Bonchev–Trinajstić information content (AvgIpc) is 2.97. The van der Waals surface area contributed by atoms with Gasteiger partial charge in [-0.3, -0.25) is 4.57 Å². The van der Waals surface area contributed by atoms with Crippen molar-refractivity contribution < 1.29 is 14.6 Å². The first kappa shape index (κ1) is 14.9. The van der Waals surface area contributed by atoms with E-state index < -0.39 is 18.4 Å². The second kappa shape index (κ2) is 5.67. The Hall–Kier alpha value is -1.97. The number of aromatic nitrogens is 4. The predicted octanol–water partition coefficient (Wildman–Crippen LogP) is 0.0641. The normalized spacial score (nSPS) is 25.4. The third kappa shape index (κ3) is 2.58. The van der Waals surface area contributed by atoms with E-state index in [1.54, 1.807) is 4.57 Å². The number of fused-ring (bicyclic) bond motifs is 1. The second-order valence-corrected chi connectivity index (χ2v) is 5.59. The number of anilines is 2. The number of hydrogen-bond acceptors (Lipinski definition) is 8. The van der Waals surface area contributed by atoms with Gasteiger partial charge in [-0.05, 0) is 13.8 Å². The van der Waals surface area contributed by atoms with E-state index in [0.717, 1.165) is 0 Å². The summed E-state index contributed by atoms with van der Waals surface area (Å²) in [4.78, 5) is 12.2. The van der Waals surface area contributed by atoms with Crippen LogP contribution in [0.1, 0.15) is 26.5 Å². The minimum atomic E-state index is -0.639. The number of aliphatic hydroxyl groups excluding tert-OH is 1. The molecule has 3 rings (SSSR count). The zero-order valence-electron chi connectivity index (χ0n) is 12.5. The van der Waals surface area contributed by atoms with Crippen LogP contribution in [0.3, 0.4) is 0 Å². The number of nitrogens with zero attached hydrogens (tertiary/aromatic N) is 4. The number of imidazole rings is 1. The van der Waals surface area contributed by atoms with Gasteiger partial charge in [-0.25, -0.2) is 15.0 Å². The molecule has 9 heteroatoms. The molecule has 1 fully saturated rings. The van der Waals surface area contributed by atoms with Crippen molar-refractivity contribution in [2.75, 3.05) is 18.1 Å². The Morgan fingerprint density at radius 1 is 1.45 bits per heavy atom. The molecule has 1 unspecified atom stereocenters. The highest BCUT2D eigenvalue weighted by Gasteiger charge is 2.37. The molecule has 120 valence electrons. The van der Waals surface area contributed by atoms with E-state index in [1.807, 2.05) is 13.8 Å². The minimum Gasteiger partial charge on any atom is -0.390 e. The van der Waals surface area contributed by atoms with E-state index in [-0.39, 0.29) is 17.9 Å². The van der Waals surface area contributed by atoms with E-state index in [1.165, 1.54) is 6.33 Å². The van der Waals surface area contributed by atoms with Crippen molar-refractivity contribution in [3.63, 3.8) is 0 Å². The molecule has 22 heavy (non-hydrogen) atoms. The smallest absolute Gasteiger partial charge is 0.204 e. The molecule has 2 aromatic heterocycles. The van der Waals surface area contributed by atoms with E-state index in [0.29, 0.717) is 24.2 Å². The van der Waals surface area contributed by atoms with E-state index in [4.69, 9.17) is 20.9 Å². The van der Waals surface area contributed by atoms with Gasteiger partial charge in [0.05, 0.1) is 18.8 Å². The minimum absolute atomic E-state index is 0.0709. The van der Waals surface area contributed by atoms with Crippen LogP contribution in [0.25, 0.3) is 11.2 Å². The monoisotopic (exact) mass is 308 g/mol. The van der Waals surface area contributed by atoms with Gasteiger partial charge in [0.25, 0.3) is 0 Å². The predicted molar refractivity (Wildman–Crippen MR) is 79.8 cm³/mol. The molecular weight excluding hydrogens is 288 g/mol. The van der Waals surface area contributed by atoms with Gasteiger partial charge in [-0.1, -0.05) is 0 Å². The van der Waals surface area contributed by atoms with Crippen molar-refractivity contribution in [1.82, 2.24) is 19.5 Å². The van der Waals surface area contributed by atoms with Crippen molar-refractivity contribution >= 4 is 22.9 Å². The summed E-state index contributed by atoms with van der Waals surface area (Å²) in [5.41, 5.74) is 12.7. The van der Waals surface area contributed by atoms with E-state index in [9.17, 15) is 5.11 Å². The molecule has 9 nitrogen and oxygen atoms in total. The van der Waals surface area contributed by atoms with Crippen LogP contribution in [0.5, 0.6) is 0 Å². The Labute approximate surface area is 127 Å². The summed E-state index contributed by atoms with van der Waals surface area (Å²) >= 11 is 0. The van der Waals surface area contributed by atoms with E-state index in [2.05, 4.69) is 15.0 Å². The molecule has 0 spiro atoms. The van der Waals surface area contributed by atoms with Gasteiger partial charge in [-0.2, -0.15) is 0 Å². The maximum atomic E-state index is 10.2. The summed E-state index contributed by atoms with van der Waals surface area (Å²) in [6.45, 7) is 4.18. The standard InChI is InChI=1S/C13H20N6O3/c1-6(2)21-4-8-7(20)3-9(22-8)19-12-10(18-13(19)15)11(14)16-5-17-12/h5-9,20H,3-4H2,1-2H3,(H2,15,18)(H2,14,16,17)/t7?,8-,9-/m1/s1. The fourth-order valence-corrected chi connectivity index (χ4v) is 2.54. The molecule has 3 heterocycles. The fourth-order valence-electron chi connectivity index (χ4n) is 2.54. The highest BCUT2D eigenvalue weighted by molar-refractivity contribution is 5.83. The highest BCUT2D eigenvalue weighted by atomic mass is 16.6. The lowest BCUT2D eigenvalue weighted by molar-refractivity contribution is -0.0724. The Bertz CT molecular complexity index is 673. The maximum Gasteiger partial charge on any atom is 0.204 e. The second-order valence-electron chi connectivity index (χ2n) is 5.59. The third-order valence-corrected chi connectivity index (χ3v) is 3.62. The van der Waals surface area contributed by atoms with Crippen LogP contribution in [0.2, 0.25) is 0 Å². The van der Waals surface area contributed by atoms with Crippen LogP contribution in [0.4, 0.5) is 11.8 Å². The Balaban J connectivity index is 1.86. The third-order valence-electron chi connectivity index (χ3n) is 3.62. The number of ether oxygens (including phenoxy) is 2. The van der Waals surface area contributed by atoms with Gasteiger partial charge >= 0.3 is 0 Å². The van der Waals surface area contributed by atoms with Gasteiger partial charge in [0.2, 0.25) is 5.95 Å². The molecule has 0 saturated carbocycles. The molecule has 2 aromatic rings. The number of aliphatic hydroxyl groups is 1. The molecular formula is C13H20N6O3. The SMILES string of the molecule is CC(C)OC[C@H]1O[C@@H](n2c(N)nc3c(N)ncnc32)CC1O. The summed E-state index contributed by atoms with van der Waals surface area (Å²) < 4.78 is 13.0. The van der Waals surface area contributed by atoms with Crippen LogP contribution in [0.15, 0.2) is 6.33 Å². The van der Waals surface area contributed by atoms with Crippen molar-refractivity contribution in [1.29, 1.82) is 0 Å². The first-order chi connectivity index (χ1) is 10.5. The van der Waals surface area contributed by atoms with Crippen LogP contribution >= 0.6 is 0 Å². The molecule has 5 N–H and O–H groups in total. The molecule has 1 aliphatic rings. The highest BCUT2D eigenvalue weighted by Crippen LogP contribution is 2.33. The zero-order valence-corrected chi connectivity index (χ0v) is 12.5. The first-order valence-corrected chi connectivity index (χ1v) is 7.16. The average molecular weight is 308 g/mol. The molecule has 0 amide bonds. The summed E-state index contributed by atoms with van der Waals surface area (Å²) in [6, 6.07) is 0. The molecule has 0 aromatic carbocycles. The van der Waals surface area contributed by atoms with Crippen molar-refractivity contribution in [3.05, 3.63) is 6.33 Å². The topological polar surface area (TPSA) is 134 Å². The lowest BCUT2D eigenvalue weighted by Crippen LogP contribution is -2.27. The molecule has 1 saturated heterocycles. The number of rotatable bonds is 4. The zero-order chi connectivity index (χ0) is 15.9. The molecule has 0 radical (unpaired) electrons. The van der Waals surface area contributed by atoms with Crippen LogP contribution < -0.4 is 11.5 Å². The lowest BCUT2D eigenvalue weighted by Gasteiger charge is -2.17. The Morgan fingerprint density at radius 2 is 2.23 bits per heavy atom. The van der Waals surface area contributed by atoms with Crippen molar-refractivity contribution in [2.45, 2.75) is 44.8 Å². The van der Waals surface area contributed by atoms with Gasteiger partial charge in [-0.15, -0.1) is 0 Å². The van der Waals surface area contributed by atoms with Gasteiger partial charge < -0.3 is 26.0 Å². The summed E-state index contributed by atoms with van der Waals surface area (Å²) in [5, 5.41) is 10.2. The van der Waals surface area contributed by atoms with Gasteiger partial charge in [0.15, 0.2) is 17.0 Å². The van der Waals surface area contributed by atoms with E-state index >= 15 is 0 Å². The lowest BCUT2D eigenvalue weighted by atomic mass is 10.2. The van der Waals surface area contributed by atoms with Crippen LogP contribution in [0, 0.1) is 0 Å². The van der Waals surface area contributed by atoms with Crippen LogP contribution in [-0.2, 0) is 9.47 Å². The molecule has 1 aliphatic heterocycles. The van der Waals surface area contributed by atoms with Gasteiger partial charge in [0, 0.05) is 6.42 Å². The summed E-state index contributed by atoms with van der Waals surface area (Å²) in [5.74, 6) is 0.485. The molecule has 0 aliphatic carbocycles. The maximum absolute atomic E-state index is 10.2. The Morgan fingerprint density at radius 3 is 2.95 bits per heavy atom. The summed E-state index contributed by atoms with van der Waals surface area (Å²) in [7, 11) is 0. The number of nitrogen functional groups attached to an aromatic ring is 2. The largest absolute Gasteiger partial charge is 0.390 e. The number of nitrogens with two attached hydrogens (primary N) is 2. The Kier molecular flexibility index (Phi) is 3.85.